The molecule has 0 spiro atoms. The number of ether oxygens (including phenoxy) is 2. The van der Waals surface area contributed by atoms with E-state index in [0.717, 1.165) is 22.6 Å². The first-order valence-electron chi connectivity index (χ1n) is 14.1. The topological polar surface area (TPSA) is 186 Å². The Morgan fingerprint density at radius 1 is 1.27 bits per heavy atom. The van der Waals surface area contributed by atoms with Crippen LogP contribution in [0.2, 0.25) is 0 Å². The maximum atomic E-state index is 13.6. The van der Waals surface area contributed by atoms with E-state index in [9.17, 15) is 24.4 Å². The predicted molar refractivity (Wildman–Crippen MR) is 170 cm³/mol. The van der Waals surface area contributed by atoms with Crippen LogP contribution in [0.4, 0.5) is 5.13 Å². The number of nitrogens with two attached hydrogens (primary N) is 1. The molecule has 238 valence electrons. The molecule has 2 atom stereocenters. The number of oxime groups is 1. The number of thioether (sulfide) groups is 1. The maximum Gasteiger partial charge on any atom is 0.355 e. The van der Waals surface area contributed by atoms with Crippen molar-refractivity contribution in [1.82, 2.24) is 20.2 Å². The molecule has 4 rings (SSSR count). The minimum absolute atomic E-state index is 0.000268. The SMILES string of the molecule is CC/C=C(\COC(=O)C1=C(/C=C\c2ccc(C)nc2)CS[C@@H]2[C@H](NC(=O)C(=NO)c3csc(N)n3)C(=O)N12)C(=O)OCC(C)C. The van der Waals surface area contributed by atoms with Crippen molar-refractivity contribution >= 4 is 63.8 Å². The van der Waals surface area contributed by atoms with Gasteiger partial charge in [0.25, 0.3) is 11.8 Å². The van der Waals surface area contributed by atoms with Crippen molar-refractivity contribution in [3.8, 4) is 0 Å². The molecular formula is C30H34N6O7S2. The number of amides is 2. The average molecular weight is 655 g/mol. The van der Waals surface area contributed by atoms with Crippen LogP contribution in [0.3, 0.4) is 0 Å². The van der Waals surface area contributed by atoms with Crippen LogP contribution in [0.1, 0.15) is 44.1 Å². The van der Waals surface area contributed by atoms with E-state index in [0.29, 0.717) is 17.7 Å². The van der Waals surface area contributed by atoms with Crippen LogP contribution >= 0.6 is 23.1 Å². The molecule has 2 aromatic heterocycles. The number of rotatable bonds is 12. The van der Waals surface area contributed by atoms with E-state index in [1.54, 1.807) is 24.4 Å². The molecule has 2 aliphatic rings. The van der Waals surface area contributed by atoms with E-state index < -0.39 is 40.9 Å². The van der Waals surface area contributed by atoms with Crippen LogP contribution in [0, 0.1) is 12.8 Å². The highest BCUT2D eigenvalue weighted by Crippen LogP contribution is 2.41. The highest BCUT2D eigenvalue weighted by molar-refractivity contribution is 8.00. The van der Waals surface area contributed by atoms with Crippen molar-refractivity contribution in [2.24, 2.45) is 11.1 Å². The fourth-order valence-corrected chi connectivity index (χ4v) is 6.21. The summed E-state index contributed by atoms with van der Waals surface area (Å²) < 4.78 is 10.9. The lowest BCUT2D eigenvalue weighted by molar-refractivity contribution is -0.152. The molecule has 45 heavy (non-hydrogen) atoms. The van der Waals surface area contributed by atoms with Crippen LogP contribution in [-0.4, -0.2) is 79.9 Å². The normalized spacial score (nSPS) is 18.6. The summed E-state index contributed by atoms with van der Waals surface area (Å²) in [5.74, 6) is -2.35. The molecule has 0 unspecified atom stereocenters. The third kappa shape index (κ3) is 7.97. The van der Waals surface area contributed by atoms with Gasteiger partial charge < -0.3 is 25.7 Å². The minimum atomic E-state index is -1.02. The number of aromatic nitrogens is 2. The number of carbonyl (C=O) groups is 4. The Hall–Kier alpha value is -4.50. The third-order valence-electron chi connectivity index (χ3n) is 6.59. The third-order valence-corrected chi connectivity index (χ3v) is 8.56. The Bertz CT molecular complexity index is 1580. The monoisotopic (exact) mass is 654 g/mol. The molecule has 13 nitrogen and oxygen atoms in total. The standard InChI is InChI=1S/C30H34N6O7S2/c1-5-6-19(28(39)42-12-16(2)3)13-43-29(40)24-20(10-9-18-8-7-17(4)32-11-18)14-44-27-23(26(38)36(24)27)34-25(37)22(35-41)21-15-45-30(31)33-21/h6-11,15-16,23,27,41H,5,12-14H2,1-4H3,(H2,31,33)(H,34,37)/b10-9-,19-6+,35-22?/t23-,27-/m1/s1. The summed E-state index contributed by atoms with van der Waals surface area (Å²) in [5.41, 5.74) is 7.63. The molecule has 2 aliphatic heterocycles. The predicted octanol–water partition coefficient (Wildman–Crippen LogP) is 3.05. The molecule has 0 bridgehead atoms. The van der Waals surface area contributed by atoms with Crippen molar-refractivity contribution in [2.45, 2.75) is 45.5 Å². The summed E-state index contributed by atoms with van der Waals surface area (Å²) >= 11 is 2.40. The zero-order valence-electron chi connectivity index (χ0n) is 25.2. The number of hydrogen-bond acceptors (Lipinski definition) is 13. The number of allylic oxidation sites excluding steroid dienone is 2. The number of thiazole rings is 1. The molecule has 2 amide bonds. The Kier molecular flexibility index (Phi) is 11.1. The molecular weight excluding hydrogens is 620 g/mol. The minimum Gasteiger partial charge on any atom is -0.462 e. The Balaban J connectivity index is 1.57. The number of nitrogens with zero attached hydrogens (tertiary/aromatic N) is 4. The molecule has 15 heteroatoms. The molecule has 4 N–H and O–H groups in total. The molecule has 0 saturated carbocycles. The van der Waals surface area contributed by atoms with Crippen LogP contribution in [0.15, 0.2) is 57.9 Å². The number of hydrogen-bond donors (Lipinski definition) is 3. The smallest absolute Gasteiger partial charge is 0.355 e. The van der Waals surface area contributed by atoms with Gasteiger partial charge in [0.1, 0.15) is 29.4 Å². The number of β-lactam (4-membered cyclic amide) rings is 1. The van der Waals surface area contributed by atoms with Gasteiger partial charge in [-0.2, -0.15) is 0 Å². The van der Waals surface area contributed by atoms with Crippen molar-refractivity contribution in [3.63, 3.8) is 0 Å². The summed E-state index contributed by atoms with van der Waals surface area (Å²) in [7, 11) is 0. The van der Waals surface area contributed by atoms with E-state index >= 15 is 0 Å². The lowest BCUT2D eigenvalue weighted by Crippen LogP contribution is -2.71. The summed E-state index contributed by atoms with van der Waals surface area (Å²) in [5, 5.41) is 16.0. The van der Waals surface area contributed by atoms with Gasteiger partial charge in [0.2, 0.25) is 0 Å². The van der Waals surface area contributed by atoms with Gasteiger partial charge in [-0.1, -0.05) is 50.2 Å². The lowest BCUT2D eigenvalue weighted by Gasteiger charge is -2.49. The van der Waals surface area contributed by atoms with Crippen LogP contribution < -0.4 is 11.1 Å². The zero-order chi connectivity index (χ0) is 32.7. The number of pyridine rings is 1. The highest BCUT2D eigenvalue weighted by Gasteiger charge is 2.54. The van der Waals surface area contributed by atoms with Gasteiger partial charge in [0.05, 0.1) is 12.2 Å². The molecule has 0 aliphatic carbocycles. The Labute approximate surface area is 268 Å². The first-order chi connectivity index (χ1) is 21.5. The van der Waals surface area contributed by atoms with Crippen molar-refractivity contribution < 1.29 is 33.9 Å². The molecule has 4 heterocycles. The molecule has 2 aromatic rings. The number of fused-ring (bicyclic) bond motifs is 1. The van der Waals surface area contributed by atoms with Crippen molar-refractivity contribution in [3.05, 3.63) is 69.7 Å². The summed E-state index contributed by atoms with van der Waals surface area (Å²) in [6.07, 6.45) is 7.32. The van der Waals surface area contributed by atoms with E-state index in [1.807, 2.05) is 39.8 Å². The molecule has 0 radical (unpaired) electrons. The van der Waals surface area contributed by atoms with Crippen molar-refractivity contribution in [2.75, 3.05) is 24.7 Å². The van der Waals surface area contributed by atoms with Crippen LogP contribution in [0.5, 0.6) is 0 Å². The summed E-state index contributed by atoms with van der Waals surface area (Å²) in [4.78, 5) is 62.1. The fraction of sp³-hybridized carbons (Fsp3) is 0.367. The molecule has 1 fully saturated rings. The lowest BCUT2D eigenvalue weighted by atomic mass is 10.0. The average Bonchev–Trinajstić information content (AvgIpc) is 3.45. The highest BCUT2D eigenvalue weighted by atomic mass is 32.2. The maximum absolute atomic E-state index is 13.6. The van der Waals surface area contributed by atoms with E-state index in [2.05, 4.69) is 20.4 Å². The largest absolute Gasteiger partial charge is 0.462 e. The van der Waals surface area contributed by atoms with E-state index in [1.165, 1.54) is 22.0 Å². The summed E-state index contributed by atoms with van der Waals surface area (Å²) in [6, 6.07) is 2.70. The van der Waals surface area contributed by atoms with Gasteiger partial charge in [-0.15, -0.1) is 23.1 Å². The Morgan fingerprint density at radius 2 is 2.04 bits per heavy atom. The second kappa shape index (κ2) is 15.0. The number of carbonyl (C=O) groups excluding carboxylic acids is 4. The molecule has 0 aromatic carbocycles. The van der Waals surface area contributed by atoms with Gasteiger partial charge in [-0.05, 0) is 36.5 Å². The van der Waals surface area contributed by atoms with Gasteiger partial charge >= 0.3 is 11.9 Å². The van der Waals surface area contributed by atoms with E-state index in [-0.39, 0.29) is 41.2 Å². The second-order valence-electron chi connectivity index (χ2n) is 10.5. The van der Waals surface area contributed by atoms with Gasteiger partial charge in [0, 0.05) is 23.0 Å². The number of anilines is 1. The number of nitrogens with one attached hydrogen (secondary N) is 1. The summed E-state index contributed by atoms with van der Waals surface area (Å²) in [6.45, 7) is 7.40. The number of nitrogen functional groups attached to an aromatic ring is 1. The second-order valence-corrected chi connectivity index (χ2v) is 12.5. The number of aryl methyl sites for hydroxylation is 1. The van der Waals surface area contributed by atoms with Gasteiger partial charge in [0.15, 0.2) is 10.8 Å². The van der Waals surface area contributed by atoms with Crippen molar-refractivity contribution in [1.29, 1.82) is 0 Å². The quantitative estimate of drug-likeness (QED) is 0.0763. The Morgan fingerprint density at radius 3 is 2.67 bits per heavy atom. The van der Waals surface area contributed by atoms with Gasteiger partial charge in [-0.25, -0.2) is 14.6 Å². The van der Waals surface area contributed by atoms with Crippen LogP contribution in [0.25, 0.3) is 6.08 Å². The van der Waals surface area contributed by atoms with Gasteiger partial charge in [-0.3, -0.25) is 19.5 Å². The number of esters is 2. The molecule has 1 saturated heterocycles. The first-order valence-corrected chi connectivity index (χ1v) is 16.0. The van der Waals surface area contributed by atoms with E-state index in [4.69, 9.17) is 15.2 Å². The first kappa shape index (κ1) is 33.4. The van der Waals surface area contributed by atoms with Crippen LogP contribution in [-0.2, 0) is 28.7 Å². The zero-order valence-corrected chi connectivity index (χ0v) is 26.8. The fourth-order valence-electron chi connectivity index (χ4n) is 4.35.